The van der Waals surface area contributed by atoms with Crippen LogP contribution in [0, 0.1) is 12.7 Å². The number of benzene rings is 1. The molecule has 0 bridgehead atoms. The largest absolute Gasteiger partial charge is 0.491 e. The van der Waals surface area contributed by atoms with Crippen molar-refractivity contribution in [3.8, 4) is 5.75 Å². The Bertz CT molecular complexity index is 650. The van der Waals surface area contributed by atoms with Gasteiger partial charge in [0.05, 0.1) is 6.54 Å². The fourth-order valence-corrected chi connectivity index (χ4v) is 2.43. The maximum atomic E-state index is 13.0. The van der Waals surface area contributed by atoms with Crippen LogP contribution < -0.4 is 15.4 Å². The summed E-state index contributed by atoms with van der Waals surface area (Å²) in [4.78, 5) is 15.8. The van der Waals surface area contributed by atoms with E-state index < -0.39 is 18.0 Å². The number of rotatable bonds is 7. The number of carbonyl (C=O) groups is 1. The van der Waals surface area contributed by atoms with Crippen molar-refractivity contribution in [1.29, 1.82) is 0 Å². The molecule has 3 N–H and O–H groups in total. The van der Waals surface area contributed by atoms with Gasteiger partial charge in [0.25, 0.3) is 0 Å². The number of nitrogens with one attached hydrogen (secondary N) is 2. The van der Waals surface area contributed by atoms with E-state index in [-0.39, 0.29) is 13.2 Å². The molecule has 0 aliphatic heterocycles. The summed E-state index contributed by atoms with van der Waals surface area (Å²) >= 11 is 1.47. The van der Waals surface area contributed by atoms with E-state index in [9.17, 15) is 14.3 Å². The lowest BCUT2D eigenvalue weighted by molar-refractivity contribution is 0.107. The smallest absolute Gasteiger partial charge is 0.315 e. The Kier molecular flexibility index (Phi) is 6.30. The van der Waals surface area contributed by atoms with E-state index in [4.69, 9.17) is 4.74 Å². The lowest BCUT2D eigenvalue weighted by Crippen LogP contribution is -2.41. The lowest BCUT2D eigenvalue weighted by Gasteiger charge is -2.13. The minimum absolute atomic E-state index is 0.0258. The minimum Gasteiger partial charge on any atom is -0.491 e. The summed E-state index contributed by atoms with van der Waals surface area (Å²) < 4.78 is 18.2. The zero-order chi connectivity index (χ0) is 16.7. The quantitative estimate of drug-likeness (QED) is 0.719. The summed E-state index contributed by atoms with van der Waals surface area (Å²) in [5, 5.41) is 17.6. The Morgan fingerprint density at radius 2 is 2.30 bits per heavy atom. The topological polar surface area (TPSA) is 83.5 Å². The molecule has 6 nitrogen and oxygen atoms in total. The number of aromatic nitrogens is 1. The number of aryl methyl sites for hydroxylation is 1. The highest BCUT2D eigenvalue weighted by Crippen LogP contribution is 2.12. The summed E-state index contributed by atoms with van der Waals surface area (Å²) in [5.74, 6) is -0.0837. The molecule has 0 unspecified atom stereocenters. The second-order valence-electron chi connectivity index (χ2n) is 4.87. The number of amides is 2. The third kappa shape index (κ3) is 6.21. The molecule has 124 valence electrons. The summed E-state index contributed by atoms with van der Waals surface area (Å²) in [6.45, 7) is 2.20. The number of halogens is 1. The molecule has 1 heterocycles. The standard InChI is InChI=1S/C15H18FN3O3S/c1-10-9-23-14(19-10)7-18-15(21)17-6-12(20)8-22-13-4-2-3-11(16)5-13/h2-5,9,12,20H,6-8H2,1H3,(H2,17,18,21)/t12-/m0/s1. The summed E-state index contributed by atoms with van der Waals surface area (Å²) in [5.41, 5.74) is 0.914. The van der Waals surface area contributed by atoms with Gasteiger partial charge in [0.1, 0.15) is 29.3 Å². The van der Waals surface area contributed by atoms with Crippen LogP contribution >= 0.6 is 11.3 Å². The first-order valence-corrected chi connectivity index (χ1v) is 7.90. The van der Waals surface area contributed by atoms with Crippen molar-refractivity contribution in [2.24, 2.45) is 0 Å². The van der Waals surface area contributed by atoms with Gasteiger partial charge in [-0.05, 0) is 19.1 Å². The molecule has 2 amide bonds. The third-order valence-corrected chi connectivity index (χ3v) is 3.77. The number of nitrogens with zero attached hydrogens (tertiary/aromatic N) is 1. The van der Waals surface area contributed by atoms with Gasteiger partial charge in [-0.25, -0.2) is 14.2 Å². The van der Waals surface area contributed by atoms with Crippen LogP contribution in [0.3, 0.4) is 0 Å². The van der Waals surface area contributed by atoms with Crippen LogP contribution in [0.2, 0.25) is 0 Å². The second kappa shape index (κ2) is 8.44. The highest BCUT2D eigenvalue weighted by molar-refractivity contribution is 7.09. The van der Waals surface area contributed by atoms with Crippen molar-refractivity contribution < 1.29 is 19.0 Å². The maximum absolute atomic E-state index is 13.0. The van der Waals surface area contributed by atoms with Crippen LogP contribution in [0.5, 0.6) is 5.75 Å². The summed E-state index contributed by atoms with van der Waals surface area (Å²) in [7, 11) is 0. The van der Waals surface area contributed by atoms with Crippen LogP contribution in [0.25, 0.3) is 0 Å². The fraction of sp³-hybridized carbons (Fsp3) is 0.333. The van der Waals surface area contributed by atoms with Gasteiger partial charge in [0.15, 0.2) is 0 Å². The predicted octanol–water partition coefficient (Wildman–Crippen LogP) is 1.83. The van der Waals surface area contributed by atoms with E-state index in [1.807, 2.05) is 12.3 Å². The Morgan fingerprint density at radius 3 is 3.00 bits per heavy atom. The number of carbonyl (C=O) groups excluding carboxylic acids is 1. The number of aliphatic hydroxyl groups is 1. The molecule has 0 aliphatic carbocycles. The van der Waals surface area contributed by atoms with Crippen molar-refractivity contribution in [2.75, 3.05) is 13.2 Å². The van der Waals surface area contributed by atoms with Gasteiger partial charge in [-0.2, -0.15) is 0 Å². The molecule has 0 saturated heterocycles. The lowest BCUT2D eigenvalue weighted by atomic mass is 10.3. The van der Waals surface area contributed by atoms with Crippen LogP contribution in [-0.4, -0.2) is 35.4 Å². The Morgan fingerprint density at radius 1 is 1.48 bits per heavy atom. The Hall–Kier alpha value is -2.19. The van der Waals surface area contributed by atoms with Gasteiger partial charge in [0.2, 0.25) is 0 Å². The molecule has 1 aromatic heterocycles. The van der Waals surface area contributed by atoms with E-state index in [2.05, 4.69) is 15.6 Å². The molecule has 1 aromatic carbocycles. The molecule has 0 radical (unpaired) electrons. The molecule has 0 aliphatic rings. The SMILES string of the molecule is Cc1csc(CNC(=O)NC[C@H](O)COc2cccc(F)c2)n1. The van der Waals surface area contributed by atoms with E-state index in [0.29, 0.717) is 12.3 Å². The zero-order valence-electron chi connectivity index (χ0n) is 12.6. The van der Waals surface area contributed by atoms with Crippen LogP contribution in [0.4, 0.5) is 9.18 Å². The van der Waals surface area contributed by atoms with Crippen molar-refractivity contribution in [3.05, 3.63) is 46.2 Å². The minimum atomic E-state index is -0.897. The van der Waals surface area contributed by atoms with Gasteiger partial charge < -0.3 is 20.5 Å². The zero-order valence-corrected chi connectivity index (χ0v) is 13.4. The number of aliphatic hydroxyl groups excluding tert-OH is 1. The van der Waals surface area contributed by atoms with E-state index in [1.54, 1.807) is 6.07 Å². The van der Waals surface area contributed by atoms with Crippen molar-refractivity contribution in [1.82, 2.24) is 15.6 Å². The van der Waals surface area contributed by atoms with E-state index in [0.717, 1.165) is 10.7 Å². The van der Waals surface area contributed by atoms with Crippen LogP contribution in [0.15, 0.2) is 29.6 Å². The molecule has 1 atom stereocenters. The number of urea groups is 1. The molecule has 0 spiro atoms. The van der Waals surface area contributed by atoms with E-state index in [1.165, 1.54) is 29.5 Å². The molecular weight excluding hydrogens is 321 g/mol. The highest BCUT2D eigenvalue weighted by Gasteiger charge is 2.09. The Balaban J connectivity index is 1.63. The molecule has 8 heteroatoms. The van der Waals surface area contributed by atoms with Gasteiger partial charge in [-0.15, -0.1) is 11.3 Å². The number of ether oxygens (including phenoxy) is 1. The first-order chi connectivity index (χ1) is 11.0. The molecule has 2 aromatic rings. The van der Waals surface area contributed by atoms with Crippen LogP contribution in [0.1, 0.15) is 10.7 Å². The molecular formula is C15H18FN3O3S. The average molecular weight is 339 g/mol. The predicted molar refractivity (Wildman–Crippen MR) is 85.0 cm³/mol. The summed E-state index contributed by atoms with van der Waals surface area (Å²) in [6, 6.07) is 5.24. The van der Waals surface area contributed by atoms with E-state index >= 15 is 0 Å². The molecule has 23 heavy (non-hydrogen) atoms. The van der Waals surface area contributed by atoms with Crippen molar-refractivity contribution in [3.63, 3.8) is 0 Å². The first-order valence-electron chi connectivity index (χ1n) is 7.02. The summed E-state index contributed by atoms with van der Waals surface area (Å²) in [6.07, 6.45) is -0.897. The monoisotopic (exact) mass is 339 g/mol. The molecule has 2 rings (SSSR count). The fourth-order valence-electron chi connectivity index (χ4n) is 1.72. The van der Waals surface area contributed by atoms with Crippen molar-refractivity contribution in [2.45, 2.75) is 19.6 Å². The van der Waals surface area contributed by atoms with Gasteiger partial charge in [0, 0.05) is 23.7 Å². The van der Waals surface area contributed by atoms with Gasteiger partial charge in [-0.3, -0.25) is 0 Å². The number of hydrogen-bond acceptors (Lipinski definition) is 5. The molecule has 0 fully saturated rings. The highest BCUT2D eigenvalue weighted by atomic mass is 32.1. The first kappa shape index (κ1) is 17.2. The maximum Gasteiger partial charge on any atom is 0.315 e. The van der Waals surface area contributed by atoms with Crippen molar-refractivity contribution >= 4 is 17.4 Å². The average Bonchev–Trinajstić information content (AvgIpc) is 2.94. The van der Waals surface area contributed by atoms with Crippen LogP contribution in [-0.2, 0) is 6.54 Å². The normalized spacial score (nSPS) is 11.8. The van der Waals surface area contributed by atoms with Gasteiger partial charge in [-0.1, -0.05) is 6.07 Å². The van der Waals surface area contributed by atoms with Gasteiger partial charge >= 0.3 is 6.03 Å². The third-order valence-electron chi connectivity index (χ3n) is 2.80. The number of thiazole rings is 1. The Labute approximate surface area is 137 Å². The number of hydrogen-bond donors (Lipinski definition) is 3. The molecule has 0 saturated carbocycles. The second-order valence-corrected chi connectivity index (χ2v) is 5.81.